The first-order chi connectivity index (χ1) is 8.76. The highest BCUT2D eigenvalue weighted by Gasteiger charge is 2.08. The van der Waals surface area contributed by atoms with Gasteiger partial charge in [0.15, 0.2) is 0 Å². The smallest absolute Gasteiger partial charge is 0.147 e. The van der Waals surface area contributed by atoms with Crippen molar-refractivity contribution in [1.29, 1.82) is 21.0 Å². The lowest BCUT2D eigenvalue weighted by atomic mass is 10.2. The molecule has 0 N–H and O–H groups in total. The fourth-order valence-electron chi connectivity index (χ4n) is 1.48. The lowest BCUT2D eigenvalue weighted by Gasteiger charge is -1.79. The Balaban J connectivity index is 3.04. The molecule has 82 valence electrons. The SMILES string of the molecule is N#CC(C#N)=c1scc2c(=C(C#N)C#N)scc12. The van der Waals surface area contributed by atoms with E-state index in [2.05, 4.69) is 0 Å². The molecule has 2 aromatic heterocycles. The van der Waals surface area contributed by atoms with E-state index in [1.807, 2.05) is 24.3 Å². The van der Waals surface area contributed by atoms with E-state index in [0.29, 0.717) is 9.06 Å². The molecule has 0 aliphatic heterocycles. The summed E-state index contributed by atoms with van der Waals surface area (Å²) in [6, 6.07) is 7.39. The molecule has 2 heterocycles. The molecule has 0 saturated carbocycles. The zero-order chi connectivity index (χ0) is 13.1. The quantitative estimate of drug-likeness (QED) is 0.719. The number of fused-ring (bicyclic) bond motifs is 1. The molecule has 0 spiro atoms. The minimum absolute atomic E-state index is 0.0508. The number of hydrogen-bond donors (Lipinski definition) is 0. The van der Waals surface area contributed by atoms with Crippen LogP contribution in [0.25, 0.3) is 21.9 Å². The Labute approximate surface area is 110 Å². The van der Waals surface area contributed by atoms with E-state index < -0.39 is 0 Å². The molecule has 0 aliphatic rings. The van der Waals surface area contributed by atoms with E-state index in [0.717, 1.165) is 10.8 Å². The molecule has 0 amide bonds. The van der Waals surface area contributed by atoms with Crippen LogP contribution < -0.4 is 9.06 Å². The van der Waals surface area contributed by atoms with Crippen LogP contribution in [0.5, 0.6) is 0 Å². The predicted molar refractivity (Wildman–Crippen MR) is 68.2 cm³/mol. The Morgan fingerprint density at radius 3 is 1.33 bits per heavy atom. The second-order valence-corrected chi connectivity index (χ2v) is 4.91. The van der Waals surface area contributed by atoms with Crippen LogP contribution in [0.15, 0.2) is 10.8 Å². The second-order valence-electron chi connectivity index (χ2n) is 3.15. The Morgan fingerprint density at radius 1 is 0.722 bits per heavy atom. The van der Waals surface area contributed by atoms with Gasteiger partial charge in [-0.15, -0.1) is 22.7 Å². The summed E-state index contributed by atoms with van der Waals surface area (Å²) in [5.74, 6) is 0. The summed E-state index contributed by atoms with van der Waals surface area (Å²) < 4.78 is 1.18. The van der Waals surface area contributed by atoms with Gasteiger partial charge in [-0.2, -0.15) is 21.0 Å². The Bertz CT molecular complexity index is 806. The largest absolute Gasteiger partial charge is 0.192 e. The Hall–Kier alpha value is -2.64. The molecule has 0 atom stereocenters. The summed E-state index contributed by atoms with van der Waals surface area (Å²) in [7, 11) is 0. The zero-order valence-corrected chi connectivity index (χ0v) is 10.4. The van der Waals surface area contributed by atoms with E-state index in [4.69, 9.17) is 21.0 Å². The molecular weight excluding hydrogens is 264 g/mol. The molecule has 4 nitrogen and oxygen atoms in total. The van der Waals surface area contributed by atoms with Crippen molar-refractivity contribution in [1.82, 2.24) is 0 Å². The summed E-state index contributed by atoms with van der Waals surface area (Å²) in [4.78, 5) is 0. The lowest BCUT2D eigenvalue weighted by Crippen LogP contribution is -1.99. The fourth-order valence-corrected chi connectivity index (χ4v) is 3.60. The number of nitriles is 4. The van der Waals surface area contributed by atoms with Gasteiger partial charge >= 0.3 is 0 Å². The van der Waals surface area contributed by atoms with Gasteiger partial charge in [0.2, 0.25) is 0 Å². The molecule has 18 heavy (non-hydrogen) atoms. The number of hydrogen-bond acceptors (Lipinski definition) is 6. The van der Waals surface area contributed by atoms with E-state index in [-0.39, 0.29) is 11.1 Å². The Morgan fingerprint density at radius 2 is 1.06 bits per heavy atom. The molecule has 0 aliphatic carbocycles. The molecule has 0 fully saturated rings. The van der Waals surface area contributed by atoms with Gasteiger partial charge < -0.3 is 0 Å². The maximum absolute atomic E-state index is 8.86. The predicted octanol–water partition coefficient (Wildman–Crippen LogP) is 1.36. The van der Waals surface area contributed by atoms with Gasteiger partial charge in [0.05, 0.1) is 9.06 Å². The highest BCUT2D eigenvalue weighted by molar-refractivity contribution is 7.13. The maximum atomic E-state index is 8.86. The molecule has 0 saturated heterocycles. The van der Waals surface area contributed by atoms with Crippen molar-refractivity contribution in [2.75, 3.05) is 0 Å². The molecule has 6 heteroatoms. The van der Waals surface area contributed by atoms with Crippen LogP contribution in [0.3, 0.4) is 0 Å². The van der Waals surface area contributed by atoms with Gasteiger partial charge in [0, 0.05) is 21.5 Å². The van der Waals surface area contributed by atoms with Crippen LogP contribution in [0, 0.1) is 45.3 Å². The monoisotopic (exact) mass is 266 g/mol. The molecular formula is C12H2N4S2. The normalized spacial score (nSPS) is 8.89. The van der Waals surface area contributed by atoms with Crippen molar-refractivity contribution < 1.29 is 0 Å². The molecule has 0 aromatic carbocycles. The number of thiophene rings is 2. The minimum atomic E-state index is 0.0508. The first-order valence-electron chi connectivity index (χ1n) is 4.60. The highest BCUT2D eigenvalue weighted by Crippen LogP contribution is 2.15. The molecule has 2 aromatic rings. The zero-order valence-electron chi connectivity index (χ0n) is 8.76. The van der Waals surface area contributed by atoms with Gasteiger partial charge in [0.1, 0.15) is 35.4 Å². The second kappa shape index (κ2) is 4.70. The first-order valence-corrected chi connectivity index (χ1v) is 6.36. The van der Waals surface area contributed by atoms with Crippen LogP contribution in [0.4, 0.5) is 0 Å². The molecule has 0 unspecified atom stereocenters. The standard InChI is InChI=1S/C12H2N4S2/c13-1-7(2-14)11-9-5-18-12(8(3-15)4-16)10(9)6-17-11/h5-6H. The fraction of sp³-hybridized carbons (Fsp3) is 0. The van der Waals surface area contributed by atoms with Crippen LogP contribution in [0.2, 0.25) is 0 Å². The van der Waals surface area contributed by atoms with Gasteiger partial charge in [-0.3, -0.25) is 0 Å². The number of nitrogens with zero attached hydrogens (tertiary/aromatic N) is 4. The third-order valence-electron chi connectivity index (χ3n) is 2.27. The van der Waals surface area contributed by atoms with Gasteiger partial charge in [0.25, 0.3) is 0 Å². The summed E-state index contributed by atoms with van der Waals surface area (Å²) in [5.41, 5.74) is 0.102. The van der Waals surface area contributed by atoms with Gasteiger partial charge in [-0.05, 0) is 0 Å². The van der Waals surface area contributed by atoms with Crippen LogP contribution in [-0.4, -0.2) is 0 Å². The van der Waals surface area contributed by atoms with E-state index in [1.54, 1.807) is 10.8 Å². The third kappa shape index (κ3) is 1.63. The van der Waals surface area contributed by atoms with Crippen molar-refractivity contribution in [3.63, 3.8) is 0 Å². The lowest BCUT2D eigenvalue weighted by molar-refractivity contribution is 1.51. The topological polar surface area (TPSA) is 95.2 Å². The molecule has 0 radical (unpaired) electrons. The summed E-state index contributed by atoms with van der Waals surface area (Å²) >= 11 is 2.54. The van der Waals surface area contributed by atoms with E-state index >= 15 is 0 Å². The number of rotatable bonds is 0. The minimum Gasteiger partial charge on any atom is -0.192 e. The van der Waals surface area contributed by atoms with Gasteiger partial charge in [-0.1, -0.05) is 0 Å². The van der Waals surface area contributed by atoms with Crippen molar-refractivity contribution in [3.8, 4) is 24.3 Å². The van der Waals surface area contributed by atoms with Crippen molar-refractivity contribution in [2.45, 2.75) is 0 Å². The van der Waals surface area contributed by atoms with Crippen LogP contribution in [0.1, 0.15) is 0 Å². The average molecular weight is 266 g/mol. The maximum Gasteiger partial charge on any atom is 0.147 e. The first kappa shape index (κ1) is 11.8. The molecule has 2 rings (SSSR count). The summed E-state index contributed by atoms with van der Waals surface area (Å²) in [5, 5.41) is 40.5. The van der Waals surface area contributed by atoms with E-state index in [9.17, 15) is 0 Å². The summed E-state index contributed by atoms with van der Waals surface area (Å²) in [6.45, 7) is 0. The Kier molecular flexibility index (Phi) is 3.09. The van der Waals surface area contributed by atoms with Crippen molar-refractivity contribution in [2.24, 2.45) is 0 Å². The van der Waals surface area contributed by atoms with Gasteiger partial charge in [-0.25, -0.2) is 0 Å². The van der Waals surface area contributed by atoms with Crippen molar-refractivity contribution in [3.05, 3.63) is 19.8 Å². The van der Waals surface area contributed by atoms with E-state index in [1.165, 1.54) is 22.7 Å². The van der Waals surface area contributed by atoms with Crippen LogP contribution >= 0.6 is 22.7 Å². The third-order valence-corrected chi connectivity index (χ3v) is 4.30. The summed E-state index contributed by atoms with van der Waals surface area (Å²) in [6.07, 6.45) is 0. The van der Waals surface area contributed by atoms with Crippen molar-refractivity contribution >= 4 is 44.6 Å². The average Bonchev–Trinajstić information content (AvgIpc) is 2.96. The van der Waals surface area contributed by atoms with Crippen LogP contribution in [-0.2, 0) is 0 Å². The highest BCUT2D eigenvalue weighted by atomic mass is 32.1. The molecule has 0 bridgehead atoms.